The second-order valence-electron chi connectivity index (χ2n) is 1.72. The Labute approximate surface area is 57.3 Å². The van der Waals surface area contributed by atoms with Gasteiger partial charge in [0.15, 0.2) is 0 Å². The van der Waals surface area contributed by atoms with Gasteiger partial charge in [0.1, 0.15) is 6.29 Å². The fourth-order valence-corrected chi connectivity index (χ4v) is 1.25. The lowest BCUT2D eigenvalue weighted by Crippen LogP contribution is -2.09. The van der Waals surface area contributed by atoms with E-state index in [2.05, 4.69) is 0 Å². The summed E-state index contributed by atoms with van der Waals surface area (Å²) in [5.74, 6) is 0. The van der Waals surface area contributed by atoms with Crippen molar-refractivity contribution in [2.24, 2.45) is 5.73 Å². The minimum atomic E-state index is -0.434. The molecule has 1 unspecified atom stereocenters. The van der Waals surface area contributed by atoms with Crippen molar-refractivity contribution in [1.29, 1.82) is 0 Å². The number of carbonyl (C=O) groups excluding carboxylic acids is 1. The van der Waals surface area contributed by atoms with Crippen molar-refractivity contribution in [1.82, 2.24) is 0 Å². The molecule has 1 atom stereocenters. The van der Waals surface area contributed by atoms with E-state index in [1.165, 1.54) is 0 Å². The SMILES string of the molecule is NC(C=O)c1ccsc1. The first-order valence-corrected chi connectivity index (χ1v) is 3.52. The second-order valence-corrected chi connectivity index (χ2v) is 2.50. The maximum absolute atomic E-state index is 10.1. The van der Waals surface area contributed by atoms with E-state index in [1.54, 1.807) is 11.3 Å². The first-order chi connectivity index (χ1) is 4.34. The summed E-state index contributed by atoms with van der Waals surface area (Å²) in [5.41, 5.74) is 6.28. The van der Waals surface area contributed by atoms with E-state index in [9.17, 15) is 4.79 Å². The molecule has 1 heterocycles. The van der Waals surface area contributed by atoms with Crippen molar-refractivity contribution >= 4 is 17.6 Å². The first-order valence-electron chi connectivity index (χ1n) is 2.57. The van der Waals surface area contributed by atoms with Crippen LogP contribution in [-0.2, 0) is 4.79 Å². The molecule has 0 spiro atoms. The highest BCUT2D eigenvalue weighted by Gasteiger charge is 2.01. The van der Waals surface area contributed by atoms with E-state index in [1.807, 2.05) is 16.8 Å². The lowest BCUT2D eigenvalue weighted by Gasteiger charge is -1.95. The van der Waals surface area contributed by atoms with Crippen LogP contribution in [0.25, 0.3) is 0 Å². The highest BCUT2D eigenvalue weighted by molar-refractivity contribution is 7.08. The molecule has 0 aliphatic heterocycles. The number of hydrogen-bond acceptors (Lipinski definition) is 3. The number of carbonyl (C=O) groups is 1. The lowest BCUT2D eigenvalue weighted by atomic mass is 10.2. The van der Waals surface area contributed by atoms with Gasteiger partial charge in [-0.05, 0) is 22.4 Å². The Kier molecular flexibility index (Phi) is 1.97. The third kappa shape index (κ3) is 1.37. The third-order valence-corrected chi connectivity index (χ3v) is 1.78. The molecule has 0 bridgehead atoms. The van der Waals surface area contributed by atoms with Crippen molar-refractivity contribution in [3.8, 4) is 0 Å². The molecule has 9 heavy (non-hydrogen) atoms. The predicted molar refractivity (Wildman–Crippen MR) is 37.3 cm³/mol. The minimum absolute atomic E-state index is 0.434. The van der Waals surface area contributed by atoms with Gasteiger partial charge < -0.3 is 10.5 Å². The number of thiophene rings is 1. The smallest absolute Gasteiger partial charge is 0.141 e. The number of hydrogen-bond donors (Lipinski definition) is 1. The van der Waals surface area contributed by atoms with Crippen LogP contribution in [0.5, 0.6) is 0 Å². The normalized spacial score (nSPS) is 13.0. The summed E-state index contributed by atoms with van der Waals surface area (Å²) in [6.45, 7) is 0. The van der Waals surface area contributed by atoms with Gasteiger partial charge in [0.25, 0.3) is 0 Å². The molecule has 1 rings (SSSR count). The average Bonchev–Trinajstić information content (AvgIpc) is 2.37. The van der Waals surface area contributed by atoms with Crippen LogP contribution in [-0.4, -0.2) is 6.29 Å². The molecule has 1 aromatic rings. The quantitative estimate of drug-likeness (QED) is 0.623. The van der Waals surface area contributed by atoms with Gasteiger partial charge in [0.2, 0.25) is 0 Å². The molecule has 0 fully saturated rings. The molecule has 2 N–H and O–H groups in total. The van der Waals surface area contributed by atoms with Crippen LogP contribution < -0.4 is 5.73 Å². The Morgan fingerprint density at radius 2 is 2.56 bits per heavy atom. The van der Waals surface area contributed by atoms with Gasteiger partial charge in [0.05, 0.1) is 6.04 Å². The van der Waals surface area contributed by atoms with Crippen LogP contribution in [0.2, 0.25) is 0 Å². The molecular weight excluding hydrogens is 134 g/mol. The topological polar surface area (TPSA) is 43.1 Å². The zero-order chi connectivity index (χ0) is 6.69. The summed E-state index contributed by atoms with van der Waals surface area (Å²) < 4.78 is 0. The van der Waals surface area contributed by atoms with Crippen LogP contribution in [0.3, 0.4) is 0 Å². The number of rotatable bonds is 2. The van der Waals surface area contributed by atoms with Crippen molar-refractivity contribution in [3.63, 3.8) is 0 Å². The third-order valence-electron chi connectivity index (χ3n) is 1.07. The fraction of sp³-hybridized carbons (Fsp3) is 0.167. The maximum Gasteiger partial charge on any atom is 0.141 e. The molecule has 48 valence electrons. The van der Waals surface area contributed by atoms with Gasteiger partial charge in [-0.1, -0.05) is 0 Å². The van der Waals surface area contributed by atoms with Gasteiger partial charge >= 0.3 is 0 Å². The molecule has 0 aliphatic rings. The van der Waals surface area contributed by atoms with Gasteiger partial charge in [-0.2, -0.15) is 11.3 Å². The maximum atomic E-state index is 10.1. The molecule has 2 nitrogen and oxygen atoms in total. The van der Waals surface area contributed by atoms with E-state index < -0.39 is 6.04 Å². The average molecular weight is 141 g/mol. The number of nitrogens with two attached hydrogens (primary N) is 1. The van der Waals surface area contributed by atoms with Crippen LogP contribution in [0.15, 0.2) is 16.8 Å². The van der Waals surface area contributed by atoms with Crippen molar-refractivity contribution < 1.29 is 4.79 Å². The Balaban J connectivity index is 2.76. The van der Waals surface area contributed by atoms with Gasteiger partial charge in [-0.3, -0.25) is 0 Å². The van der Waals surface area contributed by atoms with E-state index in [4.69, 9.17) is 5.73 Å². The first kappa shape index (κ1) is 6.45. The highest BCUT2D eigenvalue weighted by atomic mass is 32.1. The fourth-order valence-electron chi connectivity index (χ4n) is 0.543. The standard InChI is InChI=1S/C6H7NOS/c7-6(3-8)5-1-2-9-4-5/h1-4,6H,7H2. The molecule has 1 aromatic heterocycles. The molecule has 0 saturated carbocycles. The van der Waals surface area contributed by atoms with Gasteiger partial charge in [-0.25, -0.2) is 0 Å². The summed E-state index contributed by atoms with van der Waals surface area (Å²) in [6, 6.07) is 1.42. The highest BCUT2D eigenvalue weighted by Crippen LogP contribution is 2.11. The van der Waals surface area contributed by atoms with E-state index in [0.717, 1.165) is 11.8 Å². The van der Waals surface area contributed by atoms with Crippen LogP contribution in [0.1, 0.15) is 11.6 Å². The summed E-state index contributed by atoms with van der Waals surface area (Å²) in [7, 11) is 0. The lowest BCUT2D eigenvalue weighted by molar-refractivity contribution is -0.109. The largest absolute Gasteiger partial charge is 0.318 e. The van der Waals surface area contributed by atoms with E-state index in [-0.39, 0.29) is 0 Å². The van der Waals surface area contributed by atoms with Crippen molar-refractivity contribution in [3.05, 3.63) is 22.4 Å². The van der Waals surface area contributed by atoms with Crippen molar-refractivity contribution in [2.75, 3.05) is 0 Å². The second kappa shape index (κ2) is 2.75. The van der Waals surface area contributed by atoms with E-state index >= 15 is 0 Å². The molecule has 0 amide bonds. The molecular formula is C6H7NOS. The van der Waals surface area contributed by atoms with Gasteiger partial charge in [0, 0.05) is 0 Å². The Morgan fingerprint density at radius 1 is 1.78 bits per heavy atom. The van der Waals surface area contributed by atoms with Crippen LogP contribution in [0.4, 0.5) is 0 Å². The Hall–Kier alpha value is -0.670. The summed E-state index contributed by atoms with van der Waals surface area (Å²) in [5, 5.41) is 3.78. The van der Waals surface area contributed by atoms with Gasteiger partial charge in [-0.15, -0.1) is 0 Å². The van der Waals surface area contributed by atoms with E-state index in [0.29, 0.717) is 0 Å². The number of aldehydes is 1. The molecule has 3 heteroatoms. The minimum Gasteiger partial charge on any atom is -0.318 e. The van der Waals surface area contributed by atoms with Crippen LogP contribution >= 0.6 is 11.3 Å². The molecule has 0 aliphatic carbocycles. The summed E-state index contributed by atoms with van der Waals surface area (Å²) in [6.07, 6.45) is 0.738. The molecule has 0 radical (unpaired) electrons. The monoisotopic (exact) mass is 141 g/mol. The Bertz CT molecular complexity index is 183. The summed E-state index contributed by atoms with van der Waals surface area (Å²) >= 11 is 1.54. The predicted octanol–water partition coefficient (Wildman–Crippen LogP) is 0.947. The Morgan fingerprint density at radius 3 is 3.00 bits per heavy atom. The van der Waals surface area contributed by atoms with Crippen LogP contribution in [0, 0.1) is 0 Å². The zero-order valence-corrected chi connectivity index (χ0v) is 5.60. The molecule has 0 saturated heterocycles. The zero-order valence-electron chi connectivity index (χ0n) is 4.78. The van der Waals surface area contributed by atoms with Crippen molar-refractivity contribution in [2.45, 2.75) is 6.04 Å². The molecule has 0 aromatic carbocycles. The summed E-state index contributed by atoms with van der Waals surface area (Å²) in [4.78, 5) is 10.1.